The zero-order valence-electron chi connectivity index (χ0n) is 35.8. The Morgan fingerprint density at radius 1 is 0.678 bits per heavy atom. The largest absolute Gasteiger partial charge is 0.456 e. The quantitative estimate of drug-likeness (QED) is 0.139. The number of fused-ring (bicyclic) bond motifs is 2. The van der Waals surface area contributed by atoms with E-state index in [1.807, 2.05) is 78.3 Å². The van der Waals surface area contributed by atoms with E-state index in [4.69, 9.17) is 14.5 Å². The Morgan fingerprint density at radius 3 is 1.76 bits per heavy atom. The number of aromatic amines is 1. The fourth-order valence-electron chi connectivity index (χ4n) is 8.51. The Balaban J connectivity index is 0.000000169. The summed E-state index contributed by atoms with van der Waals surface area (Å²) in [7, 11) is 0. The summed E-state index contributed by atoms with van der Waals surface area (Å²) in [5, 5.41) is 2.42. The minimum absolute atomic E-state index is 0.269. The van der Waals surface area contributed by atoms with Gasteiger partial charge in [-0.2, -0.15) is 0 Å². The molecule has 0 bridgehead atoms. The van der Waals surface area contributed by atoms with Gasteiger partial charge in [0.05, 0.1) is 22.5 Å². The van der Waals surface area contributed by atoms with Crippen LogP contribution < -0.4 is 0 Å². The molecule has 0 radical (unpaired) electrons. The number of hydrogen-bond acceptors (Lipinski definition) is 6. The van der Waals surface area contributed by atoms with E-state index in [0.29, 0.717) is 35.8 Å². The first-order chi connectivity index (χ1) is 28.3. The number of ether oxygens (including phenoxy) is 2. The van der Waals surface area contributed by atoms with Crippen LogP contribution in [-0.4, -0.2) is 42.7 Å². The minimum Gasteiger partial charge on any atom is -0.456 e. The highest BCUT2D eigenvalue weighted by Gasteiger charge is 2.29. The van der Waals surface area contributed by atoms with Crippen LogP contribution in [0.2, 0.25) is 0 Å². The van der Waals surface area contributed by atoms with Crippen molar-refractivity contribution in [3.05, 3.63) is 130 Å². The number of H-pyrrole nitrogens is 1. The third-order valence-corrected chi connectivity index (χ3v) is 11.8. The van der Waals surface area contributed by atoms with Gasteiger partial charge < -0.3 is 19.0 Å². The highest BCUT2D eigenvalue weighted by atomic mass is 16.6. The zero-order valence-corrected chi connectivity index (χ0v) is 35.8. The number of rotatable bonds is 10. The molecule has 59 heavy (non-hydrogen) atoms. The molecule has 4 aromatic heterocycles. The average molecular weight is 793 g/mol. The maximum Gasteiger partial charge on any atom is 0.340 e. The summed E-state index contributed by atoms with van der Waals surface area (Å²) in [6.07, 6.45) is 20.8. The monoisotopic (exact) mass is 792 g/mol. The number of nitrogens with one attached hydrogen (secondary N) is 1. The highest BCUT2D eigenvalue weighted by Crippen LogP contribution is 2.41. The molecule has 4 heterocycles. The highest BCUT2D eigenvalue weighted by molar-refractivity contribution is 5.93. The third kappa shape index (κ3) is 10.1. The van der Waals surface area contributed by atoms with Crippen LogP contribution >= 0.6 is 0 Å². The predicted molar refractivity (Wildman–Crippen MR) is 235 cm³/mol. The topological polar surface area (TPSA) is 99.1 Å². The van der Waals surface area contributed by atoms with Crippen molar-refractivity contribution >= 4 is 33.7 Å². The number of pyridine rings is 2. The first-order valence-corrected chi connectivity index (χ1v) is 21.8. The van der Waals surface area contributed by atoms with Gasteiger partial charge in [-0.15, -0.1) is 0 Å². The molecule has 9 rings (SSSR count). The fraction of sp³-hybridized carbons (Fsp3) is 0.451. The van der Waals surface area contributed by atoms with Crippen LogP contribution in [0.15, 0.2) is 85.5 Å². The second-order valence-corrected chi connectivity index (χ2v) is 19.1. The lowest BCUT2D eigenvalue weighted by molar-refractivity contribution is 0.00551. The molecule has 0 aliphatic heterocycles. The number of aromatic nitrogens is 4. The van der Waals surface area contributed by atoms with Gasteiger partial charge in [0.15, 0.2) is 0 Å². The first-order valence-electron chi connectivity index (χ1n) is 21.8. The summed E-state index contributed by atoms with van der Waals surface area (Å²) in [4.78, 5) is 38.6. The molecule has 0 spiro atoms. The summed E-state index contributed by atoms with van der Waals surface area (Å²) < 4.78 is 13.8. The number of carbonyl (C=O) groups excluding carboxylic acids is 2. The zero-order chi connectivity index (χ0) is 41.3. The normalized spacial score (nSPS) is 16.2. The summed E-state index contributed by atoms with van der Waals surface area (Å²) >= 11 is 0. The van der Waals surface area contributed by atoms with Crippen LogP contribution in [0, 0.1) is 5.92 Å². The van der Waals surface area contributed by atoms with Crippen molar-refractivity contribution in [2.24, 2.45) is 5.92 Å². The molecule has 6 aromatic rings. The van der Waals surface area contributed by atoms with Crippen LogP contribution in [0.3, 0.4) is 0 Å². The Morgan fingerprint density at radius 2 is 1.22 bits per heavy atom. The second-order valence-electron chi connectivity index (χ2n) is 19.1. The standard InChI is InChI=1S/C29H36N2O2.C22H24N2O2/c1-29(2,3)33-28(32)25-16-23(21-12-13-21)18-30-26(25)17-22-10-7-11-27-24(22)14-15-31(27)19-20-8-5-4-6-9-20;1-22(2,3)26-21(25)18-11-16(14-7-8-14)13-24-20(18)12-15-5-4-6-19-17(15)9-10-23-19/h7,10-11,14-16,18,20-21H,4-6,8-9,12-13,17,19H2,1-3H3;4-6,9-11,13-14,23H,7-8,12H2,1-3H3. The number of nitrogens with zero attached hydrogens (tertiary/aromatic N) is 3. The Hall–Kier alpha value is -5.24. The Bertz CT molecular complexity index is 2450. The number of carbonyl (C=O) groups is 2. The maximum absolute atomic E-state index is 13.1. The second kappa shape index (κ2) is 16.8. The molecule has 3 aliphatic rings. The van der Waals surface area contributed by atoms with E-state index < -0.39 is 11.2 Å². The molecule has 0 saturated heterocycles. The number of esters is 2. The molecule has 3 fully saturated rings. The van der Waals surface area contributed by atoms with Crippen LogP contribution in [0.1, 0.15) is 166 Å². The summed E-state index contributed by atoms with van der Waals surface area (Å²) in [6, 6.07) is 21.0. The molecule has 2 aromatic carbocycles. The summed E-state index contributed by atoms with van der Waals surface area (Å²) in [6.45, 7) is 12.5. The van der Waals surface area contributed by atoms with Crippen LogP contribution in [0.5, 0.6) is 0 Å². The maximum atomic E-state index is 13.1. The van der Waals surface area contributed by atoms with Gasteiger partial charge in [0.2, 0.25) is 0 Å². The van der Waals surface area contributed by atoms with E-state index in [0.717, 1.165) is 51.4 Å². The third-order valence-electron chi connectivity index (χ3n) is 11.8. The summed E-state index contributed by atoms with van der Waals surface area (Å²) in [5.41, 5.74) is 8.80. The molecular formula is C51H60N4O4. The van der Waals surface area contributed by atoms with E-state index in [9.17, 15) is 9.59 Å². The smallest absolute Gasteiger partial charge is 0.340 e. The van der Waals surface area contributed by atoms with Gasteiger partial charge in [0.1, 0.15) is 11.2 Å². The van der Waals surface area contributed by atoms with Crippen LogP contribution in [-0.2, 0) is 28.9 Å². The Kier molecular flexibility index (Phi) is 11.5. The molecule has 0 amide bonds. The van der Waals surface area contributed by atoms with E-state index in [-0.39, 0.29) is 11.9 Å². The van der Waals surface area contributed by atoms with Gasteiger partial charge in [0, 0.05) is 66.0 Å². The predicted octanol–water partition coefficient (Wildman–Crippen LogP) is 12.0. The molecule has 0 atom stereocenters. The molecule has 3 saturated carbocycles. The number of benzene rings is 2. The van der Waals surface area contributed by atoms with Crippen molar-refractivity contribution in [3.63, 3.8) is 0 Å². The van der Waals surface area contributed by atoms with Crippen molar-refractivity contribution in [1.82, 2.24) is 19.5 Å². The molecule has 3 aliphatic carbocycles. The number of hydrogen-bond donors (Lipinski definition) is 1. The van der Waals surface area contributed by atoms with Crippen LogP contribution in [0.25, 0.3) is 21.8 Å². The van der Waals surface area contributed by atoms with Gasteiger partial charge in [-0.25, -0.2) is 9.59 Å². The van der Waals surface area contributed by atoms with Crippen LogP contribution in [0.4, 0.5) is 0 Å². The first kappa shape index (κ1) is 40.5. The lowest BCUT2D eigenvalue weighted by atomic mass is 9.89. The minimum atomic E-state index is -0.527. The lowest BCUT2D eigenvalue weighted by Crippen LogP contribution is -2.25. The molecule has 8 heteroatoms. The van der Waals surface area contributed by atoms with E-state index in [2.05, 4.69) is 63.2 Å². The molecular weight excluding hydrogens is 733 g/mol. The van der Waals surface area contributed by atoms with Gasteiger partial charge >= 0.3 is 11.9 Å². The molecule has 8 nitrogen and oxygen atoms in total. The SMILES string of the molecule is CC(C)(C)OC(=O)c1cc(C2CC2)cnc1Cc1cccc2[nH]ccc12.CC(C)(C)OC(=O)c1cc(C2CC2)cnc1Cc1cccc2c1ccn2CC1CCCCC1. The van der Waals surface area contributed by atoms with Crippen molar-refractivity contribution in [1.29, 1.82) is 0 Å². The van der Waals surface area contributed by atoms with Gasteiger partial charge in [-0.3, -0.25) is 9.97 Å². The fourth-order valence-corrected chi connectivity index (χ4v) is 8.51. The average Bonchev–Trinajstić information content (AvgIpc) is 4.13. The molecule has 0 unspecified atom stereocenters. The molecule has 1 N–H and O–H groups in total. The van der Waals surface area contributed by atoms with E-state index in [1.54, 1.807) is 0 Å². The summed E-state index contributed by atoms with van der Waals surface area (Å²) in [5.74, 6) is 1.32. The van der Waals surface area contributed by atoms with E-state index in [1.165, 1.54) is 74.3 Å². The van der Waals surface area contributed by atoms with Gasteiger partial charge in [-0.05, 0) is 156 Å². The van der Waals surface area contributed by atoms with E-state index >= 15 is 0 Å². The van der Waals surface area contributed by atoms with Crippen molar-refractivity contribution in [2.45, 2.75) is 142 Å². The van der Waals surface area contributed by atoms with Crippen molar-refractivity contribution in [3.8, 4) is 0 Å². The van der Waals surface area contributed by atoms with Crippen molar-refractivity contribution < 1.29 is 19.1 Å². The van der Waals surface area contributed by atoms with Gasteiger partial charge in [0.25, 0.3) is 0 Å². The van der Waals surface area contributed by atoms with Crippen molar-refractivity contribution in [2.75, 3.05) is 0 Å². The van der Waals surface area contributed by atoms with Gasteiger partial charge in [-0.1, -0.05) is 43.5 Å². The lowest BCUT2D eigenvalue weighted by Gasteiger charge is -2.22. The Labute approximate surface area is 349 Å². The molecule has 308 valence electrons.